The molecule has 3 heterocycles. The summed E-state index contributed by atoms with van der Waals surface area (Å²) < 4.78 is 5.67. The van der Waals surface area contributed by atoms with Gasteiger partial charge in [-0.2, -0.15) is 0 Å². The molecule has 5 rings (SSSR count). The fourth-order valence-electron chi connectivity index (χ4n) is 5.39. The number of hydrogen-bond donors (Lipinski definition) is 0. The topological polar surface area (TPSA) is 32.8 Å². The highest BCUT2D eigenvalue weighted by Gasteiger charge is 2.45. The lowest BCUT2D eigenvalue weighted by atomic mass is 9.87. The fourth-order valence-corrected chi connectivity index (χ4v) is 5.63. The van der Waals surface area contributed by atoms with Crippen molar-refractivity contribution < 1.29 is 9.53 Å². The van der Waals surface area contributed by atoms with Crippen LogP contribution < -0.4 is 4.90 Å². The molecule has 30 heavy (non-hydrogen) atoms. The molecule has 1 amide bonds. The number of benzene rings is 2. The zero-order valence-corrected chi connectivity index (χ0v) is 18.7. The van der Waals surface area contributed by atoms with Gasteiger partial charge in [0.15, 0.2) is 0 Å². The van der Waals surface area contributed by atoms with Crippen molar-refractivity contribution in [2.75, 3.05) is 24.5 Å². The molecule has 0 bridgehead atoms. The van der Waals surface area contributed by atoms with Crippen LogP contribution in [0.3, 0.4) is 0 Å². The second kappa shape index (κ2) is 7.19. The van der Waals surface area contributed by atoms with Gasteiger partial charge in [0, 0.05) is 47.9 Å². The van der Waals surface area contributed by atoms with Gasteiger partial charge in [-0.1, -0.05) is 29.8 Å². The fraction of sp³-hybridized carbons (Fsp3) is 0.480. The Balaban J connectivity index is 1.52. The summed E-state index contributed by atoms with van der Waals surface area (Å²) in [6, 6.07) is 13.2. The van der Waals surface area contributed by atoms with Crippen LogP contribution >= 0.6 is 11.6 Å². The lowest BCUT2D eigenvalue weighted by Gasteiger charge is -2.40. The first-order valence-electron chi connectivity index (χ1n) is 11.0. The number of fused-ring (bicyclic) bond motifs is 3. The summed E-state index contributed by atoms with van der Waals surface area (Å²) in [6.45, 7) is 8.36. The Morgan fingerprint density at radius 1 is 1.17 bits per heavy atom. The predicted octanol–water partition coefficient (Wildman–Crippen LogP) is 5.87. The summed E-state index contributed by atoms with van der Waals surface area (Å²) in [6.07, 6.45) is 3.07. The first-order valence-corrected chi connectivity index (χ1v) is 11.4. The smallest absolute Gasteiger partial charge is 0.410 e. The van der Waals surface area contributed by atoms with Crippen molar-refractivity contribution in [1.82, 2.24) is 4.90 Å². The molecule has 158 valence electrons. The van der Waals surface area contributed by atoms with E-state index in [-0.39, 0.29) is 6.09 Å². The van der Waals surface area contributed by atoms with Gasteiger partial charge in [0.2, 0.25) is 0 Å². The van der Waals surface area contributed by atoms with Crippen LogP contribution in [0.25, 0.3) is 11.1 Å². The lowest BCUT2D eigenvalue weighted by molar-refractivity contribution is 0.0189. The maximum atomic E-state index is 12.8. The molecule has 4 nitrogen and oxygen atoms in total. The van der Waals surface area contributed by atoms with Crippen LogP contribution in [0, 0.1) is 0 Å². The highest BCUT2D eigenvalue weighted by Crippen LogP contribution is 2.50. The summed E-state index contributed by atoms with van der Waals surface area (Å²) in [4.78, 5) is 17.3. The zero-order valence-electron chi connectivity index (χ0n) is 18.0. The molecule has 1 saturated heterocycles. The summed E-state index contributed by atoms with van der Waals surface area (Å²) >= 11 is 6.53. The number of halogens is 1. The van der Waals surface area contributed by atoms with E-state index < -0.39 is 5.60 Å². The van der Waals surface area contributed by atoms with Crippen molar-refractivity contribution >= 4 is 23.4 Å². The SMILES string of the molecule is CC(C)(C)OC(=O)N1CC[C@H]2[C@@H](C1)c1cc(-c3ccccc3Cl)cc3c1N2CCC3. The molecular formula is C25H29ClN2O2. The first kappa shape index (κ1) is 19.7. The van der Waals surface area contributed by atoms with Crippen molar-refractivity contribution in [3.05, 3.63) is 52.5 Å². The van der Waals surface area contributed by atoms with Crippen molar-refractivity contribution in [3.63, 3.8) is 0 Å². The van der Waals surface area contributed by atoms with Crippen LogP contribution in [-0.2, 0) is 11.2 Å². The van der Waals surface area contributed by atoms with Crippen molar-refractivity contribution in [2.24, 2.45) is 0 Å². The maximum Gasteiger partial charge on any atom is 0.410 e. The van der Waals surface area contributed by atoms with Crippen molar-refractivity contribution in [3.8, 4) is 11.1 Å². The van der Waals surface area contributed by atoms with Crippen LogP contribution in [-0.4, -0.2) is 42.3 Å². The molecule has 0 spiro atoms. The Morgan fingerprint density at radius 3 is 2.73 bits per heavy atom. The number of carbonyl (C=O) groups is 1. The summed E-state index contributed by atoms with van der Waals surface area (Å²) in [5.74, 6) is 0.320. The number of rotatable bonds is 1. The number of piperidine rings is 1. The number of nitrogens with zero attached hydrogens (tertiary/aromatic N) is 2. The summed E-state index contributed by atoms with van der Waals surface area (Å²) in [7, 11) is 0. The van der Waals surface area contributed by atoms with E-state index in [1.807, 2.05) is 43.9 Å². The number of hydrogen-bond acceptors (Lipinski definition) is 3. The van der Waals surface area contributed by atoms with Crippen LogP contribution in [0.5, 0.6) is 0 Å². The zero-order chi connectivity index (χ0) is 21.0. The van der Waals surface area contributed by atoms with Gasteiger partial charge >= 0.3 is 6.09 Å². The summed E-state index contributed by atoms with van der Waals surface area (Å²) in [5.41, 5.74) is 6.01. The molecule has 0 aromatic heterocycles. The Kier molecular flexibility index (Phi) is 4.73. The molecule has 3 aliphatic rings. The van der Waals surface area contributed by atoms with Crippen LogP contribution in [0.4, 0.5) is 10.5 Å². The van der Waals surface area contributed by atoms with E-state index in [2.05, 4.69) is 23.1 Å². The van der Waals surface area contributed by atoms with E-state index in [0.29, 0.717) is 18.5 Å². The second-order valence-electron chi connectivity index (χ2n) is 9.74. The lowest BCUT2D eigenvalue weighted by Crippen LogP contribution is -2.49. The van der Waals surface area contributed by atoms with Crippen LogP contribution in [0.2, 0.25) is 5.02 Å². The van der Waals surface area contributed by atoms with Crippen molar-refractivity contribution in [2.45, 2.75) is 57.6 Å². The molecule has 3 aliphatic heterocycles. The van der Waals surface area contributed by atoms with Gasteiger partial charge < -0.3 is 14.5 Å². The number of ether oxygens (including phenoxy) is 1. The molecule has 5 heteroatoms. The number of aryl methyl sites for hydroxylation is 1. The van der Waals surface area contributed by atoms with Crippen LogP contribution in [0.15, 0.2) is 36.4 Å². The highest BCUT2D eigenvalue weighted by molar-refractivity contribution is 6.33. The van der Waals surface area contributed by atoms with E-state index in [0.717, 1.165) is 36.5 Å². The number of amides is 1. The molecule has 0 radical (unpaired) electrons. The molecule has 2 atom stereocenters. The molecule has 0 unspecified atom stereocenters. The van der Waals surface area contributed by atoms with E-state index in [1.54, 1.807) is 0 Å². The van der Waals surface area contributed by atoms with E-state index in [9.17, 15) is 4.79 Å². The molecule has 1 fully saturated rings. The van der Waals surface area contributed by atoms with Crippen molar-refractivity contribution in [1.29, 1.82) is 0 Å². The van der Waals surface area contributed by atoms with Gasteiger partial charge in [-0.05, 0) is 74.9 Å². The minimum atomic E-state index is -0.471. The third kappa shape index (κ3) is 3.35. The molecular weight excluding hydrogens is 396 g/mol. The van der Waals surface area contributed by atoms with Gasteiger partial charge in [0.05, 0.1) is 0 Å². The van der Waals surface area contributed by atoms with Gasteiger partial charge in [0.25, 0.3) is 0 Å². The first-order chi connectivity index (χ1) is 14.3. The Bertz CT molecular complexity index is 997. The monoisotopic (exact) mass is 424 g/mol. The van der Waals surface area contributed by atoms with Gasteiger partial charge in [-0.3, -0.25) is 0 Å². The van der Waals surface area contributed by atoms with Gasteiger partial charge in [-0.25, -0.2) is 4.79 Å². The maximum absolute atomic E-state index is 12.8. The molecule has 0 saturated carbocycles. The third-order valence-corrected chi connectivity index (χ3v) is 6.89. The molecule has 0 N–H and O–H groups in total. The normalized spacial score (nSPS) is 22.5. The number of carbonyl (C=O) groups excluding carboxylic acids is 1. The van der Waals surface area contributed by atoms with Gasteiger partial charge in [-0.15, -0.1) is 0 Å². The second-order valence-corrected chi connectivity index (χ2v) is 10.1. The third-order valence-electron chi connectivity index (χ3n) is 6.56. The average Bonchev–Trinajstić information content (AvgIpc) is 3.02. The van der Waals surface area contributed by atoms with E-state index in [4.69, 9.17) is 16.3 Å². The minimum Gasteiger partial charge on any atom is -0.444 e. The predicted molar refractivity (Wildman–Crippen MR) is 122 cm³/mol. The number of likely N-dealkylation sites (tertiary alicyclic amines) is 1. The van der Waals surface area contributed by atoms with Gasteiger partial charge in [0.1, 0.15) is 5.60 Å². The number of anilines is 1. The van der Waals surface area contributed by atoms with E-state index in [1.165, 1.54) is 28.8 Å². The molecule has 0 aliphatic carbocycles. The molecule has 2 aromatic carbocycles. The highest BCUT2D eigenvalue weighted by atomic mass is 35.5. The molecule has 2 aromatic rings. The summed E-state index contributed by atoms with van der Waals surface area (Å²) in [5, 5.41) is 0.783. The minimum absolute atomic E-state index is 0.196. The standard InChI is InChI=1S/C25H29ClN2O2/c1-25(2,3)30-24(29)27-12-10-22-20(15-27)19-14-17(18-8-4-5-9-21(18)26)13-16-7-6-11-28(22)23(16)19/h4-5,8-9,13-14,20,22H,6-7,10-12,15H2,1-3H3/t20-,22-/m0/s1. The Hall–Kier alpha value is -2.20. The Morgan fingerprint density at radius 2 is 1.97 bits per heavy atom. The average molecular weight is 425 g/mol. The quantitative estimate of drug-likeness (QED) is 0.574. The van der Waals surface area contributed by atoms with Crippen LogP contribution in [0.1, 0.15) is 50.7 Å². The largest absolute Gasteiger partial charge is 0.444 e. The Labute approximate surface area is 183 Å². The van der Waals surface area contributed by atoms with E-state index >= 15 is 0 Å².